The van der Waals surface area contributed by atoms with Crippen LogP contribution in [0.4, 0.5) is 0 Å². The Morgan fingerprint density at radius 3 is 2.93 bits per heavy atom. The number of carbonyl (C=O) groups excluding carboxylic acids is 1. The number of Topliss-reactive ketones (excluding diaryl/α,β-unsaturated/α-hetero) is 1. The zero-order chi connectivity index (χ0) is 19.2. The van der Waals surface area contributed by atoms with E-state index in [1.807, 2.05) is 35.9 Å². The molecule has 0 aromatic carbocycles. The molecule has 1 unspecified atom stereocenters. The lowest BCUT2D eigenvalue weighted by Gasteiger charge is -2.16. The Bertz CT molecular complexity index is 1130. The number of aryl methyl sites for hydroxylation is 1. The fourth-order valence-electron chi connectivity index (χ4n) is 3.68. The number of thiophene rings is 1. The van der Waals surface area contributed by atoms with Gasteiger partial charge in [0.2, 0.25) is 0 Å². The Morgan fingerprint density at radius 2 is 2.19 bits per heavy atom. The number of nitrogens with zero attached hydrogens (tertiary/aromatic N) is 3. The standard InChI is InChI=1S/C18H19N3O3S3/c1-11-7-14(12(2)21(11)13-4-6-27(23,24)9-13)16(22)8-26-18-17-15(3-5-25-17)19-10-20-18/h3,5,7,10,13H,4,6,8-9H2,1-2H3. The average molecular weight is 422 g/mol. The van der Waals surface area contributed by atoms with E-state index >= 15 is 0 Å². The normalized spacial score (nSPS) is 19.0. The molecular formula is C18H19N3O3S3. The molecule has 3 aromatic rings. The number of aromatic nitrogens is 3. The molecule has 4 heterocycles. The summed E-state index contributed by atoms with van der Waals surface area (Å²) in [5, 5.41) is 2.79. The second kappa shape index (κ2) is 7.03. The second-order valence-electron chi connectivity index (χ2n) is 6.74. The van der Waals surface area contributed by atoms with Crippen molar-refractivity contribution < 1.29 is 13.2 Å². The summed E-state index contributed by atoms with van der Waals surface area (Å²) in [4.78, 5) is 21.4. The predicted octanol–water partition coefficient (Wildman–Crippen LogP) is 3.44. The van der Waals surface area contributed by atoms with E-state index in [2.05, 4.69) is 9.97 Å². The van der Waals surface area contributed by atoms with Crippen molar-refractivity contribution in [1.82, 2.24) is 14.5 Å². The number of thioether (sulfide) groups is 1. The van der Waals surface area contributed by atoms with Crippen molar-refractivity contribution in [1.29, 1.82) is 0 Å². The highest BCUT2D eigenvalue weighted by molar-refractivity contribution is 8.00. The molecule has 1 aliphatic rings. The summed E-state index contributed by atoms with van der Waals surface area (Å²) in [5.41, 5.74) is 3.35. The Labute approximate surface area is 165 Å². The quantitative estimate of drug-likeness (QED) is 0.357. The van der Waals surface area contributed by atoms with Crippen LogP contribution in [0, 0.1) is 13.8 Å². The van der Waals surface area contributed by atoms with Gasteiger partial charge in [0, 0.05) is 23.0 Å². The summed E-state index contributed by atoms with van der Waals surface area (Å²) in [7, 11) is -2.97. The highest BCUT2D eigenvalue weighted by Gasteiger charge is 2.31. The minimum absolute atomic E-state index is 0.0310. The van der Waals surface area contributed by atoms with Gasteiger partial charge in [-0.25, -0.2) is 18.4 Å². The van der Waals surface area contributed by atoms with E-state index in [0.717, 1.165) is 26.6 Å². The van der Waals surface area contributed by atoms with Crippen molar-refractivity contribution in [3.8, 4) is 0 Å². The highest BCUT2D eigenvalue weighted by Crippen LogP contribution is 2.32. The van der Waals surface area contributed by atoms with Gasteiger partial charge in [-0.2, -0.15) is 0 Å². The number of hydrogen-bond donors (Lipinski definition) is 0. The van der Waals surface area contributed by atoms with E-state index < -0.39 is 9.84 Å². The third-order valence-electron chi connectivity index (χ3n) is 4.91. The summed E-state index contributed by atoms with van der Waals surface area (Å²) < 4.78 is 26.7. The first-order chi connectivity index (χ1) is 12.9. The van der Waals surface area contributed by atoms with Crippen molar-refractivity contribution >= 4 is 48.9 Å². The van der Waals surface area contributed by atoms with Crippen molar-refractivity contribution in [2.24, 2.45) is 0 Å². The topological polar surface area (TPSA) is 81.9 Å². The summed E-state index contributed by atoms with van der Waals surface area (Å²) in [5.74, 6) is 0.696. The van der Waals surface area contributed by atoms with Crippen molar-refractivity contribution in [3.05, 3.63) is 40.8 Å². The SMILES string of the molecule is Cc1cc(C(=O)CSc2ncnc3ccsc23)c(C)n1C1CCS(=O)(=O)C1. The van der Waals surface area contributed by atoms with Gasteiger partial charge in [-0.05, 0) is 37.8 Å². The van der Waals surface area contributed by atoms with E-state index in [4.69, 9.17) is 0 Å². The van der Waals surface area contributed by atoms with E-state index in [-0.39, 0.29) is 29.1 Å². The number of hydrogen-bond acceptors (Lipinski definition) is 7. The van der Waals surface area contributed by atoms with E-state index in [1.54, 1.807) is 11.3 Å². The fraction of sp³-hybridized carbons (Fsp3) is 0.389. The van der Waals surface area contributed by atoms with Crippen LogP contribution in [0.25, 0.3) is 10.2 Å². The Balaban J connectivity index is 1.54. The predicted molar refractivity (Wildman–Crippen MR) is 109 cm³/mol. The monoisotopic (exact) mass is 421 g/mol. The van der Waals surface area contributed by atoms with Gasteiger partial charge >= 0.3 is 0 Å². The first kappa shape index (κ1) is 18.6. The number of fused-ring (bicyclic) bond motifs is 1. The third kappa shape index (κ3) is 3.55. The summed E-state index contributed by atoms with van der Waals surface area (Å²) in [6.45, 7) is 3.83. The van der Waals surface area contributed by atoms with Crippen molar-refractivity contribution in [2.45, 2.75) is 31.3 Å². The van der Waals surface area contributed by atoms with Crippen molar-refractivity contribution in [3.63, 3.8) is 0 Å². The van der Waals surface area contributed by atoms with Crippen molar-refractivity contribution in [2.75, 3.05) is 17.3 Å². The van der Waals surface area contributed by atoms with Crippen LogP contribution < -0.4 is 0 Å². The first-order valence-corrected chi connectivity index (χ1v) is 12.3. The van der Waals surface area contributed by atoms with E-state index in [0.29, 0.717) is 12.0 Å². The molecule has 142 valence electrons. The Hall–Kier alpha value is -1.71. The van der Waals surface area contributed by atoms with E-state index in [9.17, 15) is 13.2 Å². The molecule has 1 saturated heterocycles. The molecule has 1 atom stereocenters. The molecule has 0 bridgehead atoms. The second-order valence-corrected chi connectivity index (χ2v) is 10.8. The van der Waals surface area contributed by atoms with Crippen LogP contribution in [-0.2, 0) is 9.84 Å². The zero-order valence-corrected chi connectivity index (χ0v) is 17.5. The van der Waals surface area contributed by atoms with Gasteiger partial charge in [-0.1, -0.05) is 11.8 Å². The van der Waals surface area contributed by atoms with Crippen LogP contribution in [0.1, 0.15) is 34.2 Å². The highest BCUT2D eigenvalue weighted by atomic mass is 32.2. The third-order valence-corrected chi connectivity index (χ3v) is 8.69. The van der Waals surface area contributed by atoms with Crippen LogP contribution in [0.2, 0.25) is 0 Å². The zero-order valence-electron chi connectivity index (χ0n) is 15.0. The van der Waals surface area contributed by atoms with Crippen LogP contribution in [-0.4, -0.2) is 46.0 Å². The first-order valence-electron chi connectivity index (χ1n) is 8.59. The molecule has 9 heteroatoms. The lowest BCUT2D eigenvalue weighted by molar-refractivity contribution is 0.102. The summed E-state index contributed by atoms with van der Waals surface area (Å²) >= 11 is 2.99. The van der Waals surface area contributed by atoms with Crippen LogP contribution >= 0.6 is 23.1 Å². The summed E-state index contributed by atoms with van der Waals surface area (Å²) in [6, 6.07) is 3.75. The van der Waals surface area contributed by atoms with Gasteiger partial charge in [0.25, 0.3) is 0 Å². The van der Waals surface area contributed by atoms with E-state index in [1.165, 1.54) is 18.1 Å². The lowest BCUT2D eigenvalue weighted by atomic mass is 10.2. The van der Waals surface area contributed by atoms with Gasteiger partial charge in [0.1, 0.15) is 11.4 Å². The molecule has 0 radical (unpaired) electrons. The molecule has 0 aliphatic carbocycles. The van der Waals surface area contributed by atoms with Crippen LogP contribution in [0.15, 0.2) is 28.9 Å². The minimum Gasteiger partial charge on any atom is -0.344 e. The number of carbonyl (C=O) groups is 1. The lowest BCUT2D eigenvalue weighted by Crippen LogP contribution is -2.14. The van der Waals surface area contributed by atoms with Gasteiger partial charge in [0.15, 0.2) is 15.6 Å². The molecule has 4 rings (SSSR count). The molecule has 0 amide bonds. The number of rotatable bonds is 5. The molecule has 1 fully saturated rings. The molecule has 27 heavy (non-hydrogen) atoms. The van der Waals surface area contributed by atoms with Gasteiger partial charge in [-0.3, -0.25) is 4.79 Å². The number of sulfone groups is 1. The minimum atomic E-state index is -2.97. The molecule has 1 aliphatic heterocycles. The number of ketones is 1. The molecular weight excluding hydrogens is 402 g/mol. The largest absolute Gasteiger partial charge is 0.344 e. The Kier molecular flexibility index (Phi) is 4.85. The molecule has 3 aromatic heterocycles. The molecule has 6 nitrogen and oxygen atoms in total. The average Bonchev–Trinajstić information content (AvgIpc) is 3.30. The molecule has 0 N–H and O–H groups in total. The van der Waals surface area contributed by atoms with Crippen LogP contribution in [0.3, 0.4) is 0 Å². The van der Waals surface area contributed by atoms with Crippen LogP contribution in [0.5, 0.6) is 0 Å². The summed E-state index contributed by atoms with van der Waals surface area (Å²) in [6.07, 6.45) is 2.13. The molecule has 0 spiro atoms. The Morgan fingerprint density at radius 1 is 1.37 bits per heavy atom. The maximum atomic E-state index is 12.8. The van der Waals surface area contributed by atoms with Gasteiger partial charge < -0.3 is 4.57 Å². The van der Waals surface area contributed by atoms with Gasteiger partial charge in [-0.15, -0.1) is 11.3 Å². The van der Waals surface area contributed by atoms with Gasteiger partial charge in [0.05, 0.1) is 27.5 Å². The molecule has 0 saturated carbocycles. The maximum absolute atomic E-state index is 12.8. The maximum Gasteiger partial charge on any atom is 0.174 e. The smallest absolute Gasteiger partial charge is 0.174 e. The fourth-order valence-corrected chi connectivity index (χ4v) is 7.21.